The number of nitrogens with one attached hydrogen (secondary N) is 3. The van der Waals surface area contributed by atoms with Crippen molar-refractivity contribution in [1.82, 2.24) is 16.0 Å². The lowest BCUT2D eigenvalue weighted by molar-refractivity contribution is -0.384. The summed E-state index contributed by atoms with van der Waals surface area (Å²) in [7, 11) is 0. The van der Waals surface area contributed by atoms with E-state index in [9.17, 15) is 29.6 Å². The van der Waals surface area contributed by atoms with Crippen LogP contribution in [0.1, 0.15) is 67.8 Å². The molecule has 11 nitrogen and oxygen atoms in total. The topological polar surface area (TPSA) is 154 Å². The molecule has 1 saturated heterocycles. The molecule has 1 saturated carbocycles. The van der Waals surface area contributed by atoms with Gasteiger partial charge in [-0.15, -0.1) is 0 Å². The summed E-state index contributed by atoms with van der Waals surface area (Å²) < 4.78 is 0. The Balaban J connectivity index is 1.46. The number of anilines is 1. The summed E-state index contributed by atoms with van der Waals surface area (Å²) in [5.74, 6) is -0.889. The van der Waals surface area contributed by atoms with E-state index in [4.69, 9.17) is 0 Å². The van der Waals surface area contributed by atoms with Crippen molar-refractivity contribution in [1.29, 1.82) is 0 Å². The Labute approximate surface area is 239 Å². The van der Waals surface area contributed by atoms with Crippen molar-refractivity contribution in [3.8, 4) is 0 Å². The highest BCUT2D eigenvalue weighted by atomic mass is 16.6. The molecule has 3 atom stereocenters. The van der Waals surface area contributed by atoms with Crippen LogP contribution < -0.4 is 20.9 Å². The first-order valence-electron chi connectivity index (χ1n) is 14.4. The Hall–Kier alpha value is -3.83. The van der Waals surface area contributed by atoms with Crippen LogP contribution in [0.25, 0.3) is 0 Å². The van der Waals surface area contributed by atoms with Gasteiger partial charge < -0.3 is 26.0 Å². The average Bonchev–Trinajstić information content (AvgIpc) is 3.41. The highest BCUT2D eigenvalue weighted by molar-refractivity contribution is 6.00. The molecule has 0 bridgehead atoms. The second-order valence-electron chi connectivity index (χ2n) is 11.0. The smallest absolute Gasteiger partial charge is 0.272 e. The molecule has 2 aromatic rings. The molecule has 4 rings (SSSR count). The molecule has 0 aromatic heterocycles. The first kappa shape index (κ1) is 30.1. The van der Waals surface area contributed by atoms with Crippen molar-refractivity contribution in [2.45, 2.75) is 82.5 Å². The molecule has 1 aliphatic carbocycles. The van der Waals surface area contributed by atoms with Crippen LogP contribution in [0, 0.1) is 10.1 Å². The molecule has 1 aliphatic heterocycles. The van der Waals surface area contributed by atoms with E-state index in [-0.39, 0.29) is 35.7 Å². The lowest BCUT2D eigenvalue weighted by atomic mass is 9.95. The number of carbonyl (C=O) groups is 3. The molecular weight excluding hydrogens is 526 g/mol. The average molecular weight is 566 g/mol. The van der Waals surface area contributed by atoms with Gasteiger partial charge >= 0.3 is 0 Å². The maximum absolute atomic E-state index is 13.4. The van der Waals surface area contributed by atoms with E-state index >= 15 is 0 Å². The van der Waals surface area contributed by atoms with Crippen LogP contribution in [0.4, 0.5) is 11.4 Å². The fourth-order valence-corrected chi connectivity index (χ4v) is 5.42. The van der Waals surface area contributed by atoms with E-state index in [1.165, 1.54) is 29.5 Å². The van der Waals surface area contributed by atoms with E-state index < -0.39 is 29.0 Å². The number of non-ortho nitro benzene ring substituents is 1. The van der Waals surface area contributed by atoms with Crippen LogP contribution >= 0.6 is 0 Å². The number of nitrogens with zero attached hydrogens (tertiary/aromatic N) is 2. The van der Waals surface area contributed by atoms with Crippen molar-refractivity contribution in [2.24, 2.45) is 0 Å². The number of amides is 3. The Bertz CT molecular complexity index is 1230. The molecule has 4 N–H and O–H groups in total. The molecule has 0 radical (unpaired) electrons. The second kappa shape index (κ2) is 14.2. The number of aliphatic hydroxyl groups is 1. The standard InChI is InChI=1S/C30H39N5O6/c1-20(29(38)32-23-11-6-3-7-12-23)31-19-27(36)26(15-21-9-4-2-5-10-21)33-30(39)22-16-24(18-25(17-22)35(40)41)34-14-8-13-28(34)37/h2,4-5,9-10,16-18,20,23,26-27,31,36H,3,6-8,11-15,19H2,1H3,(H,32,38)(H,33,39)/t20-,26?,27+/m0/s1. The summed E-state index contributed by atoms with van der Waals surface area (Å²) in [6.45, 7) is 2.20. The van der Waals surface area contributed by atoms with Crippen LogP contribution in [0.5, 0.6) is 0 Å². The number of aliphatic hydroxyl groups excluding tert-OH is 1. The van der Waals surface area contributed by atoms with E-state index in [1.54, 1.807) is 6.92 Å². The van der Waals surface area contributed by atoms with Crippen molar-refractivity contribution >= 4 is 29.1 Å². The molecule has 220 valence electrons. The van der Waals surface area contributed by atoms with Crippen LogP contribution in [-0.4, -0.2) is 65.1 Å². The number of carbonyl (C=O) groups excluding carboxylic acids is 3. The van der Waals surface area contributed by atoms with Gasteiger partial charge in [0.15, 0.2) is 0 Å². The molecule has 11 heteroatoms. The SMILES string of the molecule is C[C@H](NC[C@@H](O)C(Cc1ccccc1)NC(=O)c1cc(N2CCCC2=O)cc([N+](=O)[O-])c1)C(=O)NC1CCCCC1. The van der Waals surface area contributed by atoms with Gasteiger partial charge in [0.1, 0.15) is 0 Å². The molecule has 1 unspecified atom stereocenters. The first-order chi connectivity index (χ1) is 19.7. The minimum Gasteiger partial charge on any atom is -0.390 e. The normalized spacial score (nSPS) is 18.0. The monoisotopic (exact) mass is 565 g/mol. The maximum atomic E-state index is 13.4. The lowest BCUT2D eigenvalue weighted by Crippen LogP contribution is -2.53. The summed E-state index contributed by atoms with van der Waals surface area (Å²) >= 11 is 0. The van der Waals surface area contributed by atoms with Crippen LogP contribution in [0.15, 0.2) is 48.5 Å². The molecule has 2 aliphatic rings. The zero-order valence-electron chi connectivity index (χ0n) is 23.4. The van der Waals surface area contributed by atoms with E-state index in [1.807, 2.05) is 30.3 Å². The van der Waals surface area contributed by atoms with Crippen LogP contribution in [0.3, 0.4) is 0 Å². The second-order valence-corrected chi connectivity index (χ2v) is 11.0. The third kappa shape index (κ3) is 8.34. The van der Waals surface area contributed by atoms with Gasteiger partial charge in [0.05, 0.1) is 28.8 Å². The minimum atomic E-state index is -1.07. The quantitative estimate of drug-likeness (QED) is 0.228. The molecule has 2 fully saturated rings. The highest BCUT2D eigenvalue weighted by Crippen LogP contribution is 2.28. The molecular formula is C30H39N5O6. The number of benzene rings is 2. The van der Waals surface area contributed by atoms with Crippen molar-refractivity contribution in [2.75, 3.05) is 18.0 Å². The largest absolute Gasteiger partial charge is 0.390 e. The molecule has 3 amide bonds. The first-order valence-corrected chi connectivity index (χ1v) is 14.4. The van der Waals surface area contributed by atoms with Gasteiger partial charge in [-0.25, -0.2) is 0 Å². The van der Waals surface area contributed by atoms with Crippen molar-refractivity contribution < 1.29 is 24.4 Å². The van der Waals surface area contributed by atoms with Crippen LogP contribution in [-0.2, 0) is 16.0 Å². The Morgan fingerprint density at radius 1 is 1.10 bits per heavy atom. The zero-order valence-corrected chi connectivity index (χ0v) is 23.4. The number of rotatable bonds is 12. The molecule has 2 aromatic carbocycles. The highest BCUT2D eigenvalue weighted by Gasteiger charge is 2.28. The fourth-order valence-electron chi connectivity index (χ4n) is 5.42. The predicted octanol–water partition coefficient (Wildman–Crippen LogP) is 2.85. The molecule has 41 heavy (non-hydrogen) atoms. The van der Waals surface area contributed by atoms with Gasteiger partial charge in [-0.1, -0.05) is 49.6 Å². The summed E-state index contributed by atoms with van der Waals surface area (Å²) in [5.41, 5.74) is 0.896. The predicted molar refractivity (Wildman–Crippen MR) is 155 cm³/mol. The zero-order chi connectivity index (χ0) is 29.4. The lowest BCUT2D eigenvalue weighted by Gasteiger charge is -2.27. The Kier molecular flexibility index (Phi) is 10.4. The summed E-state index contributed by atoms with van der Waals surface area (Å²) in [6, 6.07) is 12.1. The van der Waals surface area contributed by atoms with Gasteiger partial charge in [-0.05, 0) is 44.2 Å². The fraction of sp³-hybridized carbons (Fsp3) is 0.500. The van der Waals surface area contributed by atoms with E-state index in [0.29, 0.717) is 31.5 Å². The number of nitro groups is 1. The minimum absolute atomic E-state index is 0.0207. The Morgan fingerprint density at radius 3 is 2.49 bits per heavy atom. The van der Waals surface area contributed by atoms with Crippen molar-refractivity contribution in [3.05, 3.63) is 69.8 Å². The van der Waals surface area contributed by atoms with Gasteiger partial charge in [-0.3, -0.25) is 24.5 Å². The van der Waals surface area contributed by atoms with Crippen LogP contribution in [0.2, 0.25) is 0 Å². The maximum Gasteiger partial charge on any atom is 0.272 e. The number of nitro benzene ring substituents is 1. The Morgan fingerprint density at radius 2 is 1.83 bits per heavy atom. The summed E-state index contributed by atoms with van der Waals surface area (Å²) in [4.78, 5) is 50.8. The van der Waals surface area contributed by atoms with Crippen molar-refractivity contribution in [3.63, 3.8) is 0 Å². The van der Waals surface area contributed by atoms with E-state index in [0.717, 1.165) is 31.2 Å². The van der Waals surface area contributed by atoms with Gasteiger partial charge in [0.2, 0.25) is 11.8 Å². The third-order valence-electron chi connectivity index (χ3n) is 7.82. The van der Waals surface area contributed by atoms with Gasteiger partial charge in [0, 0.05) is 43.2 Å². The third-order valence-corrected chi connectivity index (χ3v) is 7.82. The summed E-state index contributed by atoms with van der Waals surface area (Å²) in [6.07, 6.45) is 5.55. The van der Waals surface area contributed by atoms with Gasteiger partial charge in [0.25, 0.3) is 11.6 Å². The molecule has 0 spiro atoms. The number of hydrogen-bond donors (Lipinski definition) is 4. The van der Waals surface area contributed by atoms with Gasteiger partial charge in [-0.2, -0.15) is 0 Å². The number of hydrogen-bond acceptors (Lipinski definition) is 7. The van der Waals surface area contributed by atoms with E-state index in [2.05, 4.69) is 16.0 Å². The molecule has 1 heterocycles. The summed E-state index contributed by atoms with van der Waals surface area (Å²) in [5, 5.41) is 31.8.